The Hall–Kier alpha value is -2.74. The van der Waals surface area contributed by atoms with Gasteiger partial charge >= 0.3 is 0 Å². The molecule has 1 aromatic carbocycles. The van der Waals surface area contributed by atoms with Gasteiger partial charge in [-0.05, 0) is 44.0 Å². The molecule has 2 fully saturated rings. The molecule has 2 saturated heterocycles. The number of aromatic nitrogens is 2. The van der Waals surface area contributed by atoms with E-state index in [-0.39, 0.29) is 11.9 Å². The third-order valence-corrected chi connectivity index (χ3v) is 6.09. The minimum absolute atomic E-state index is 0.197. The SMILES string of the molecule is O=CCCCN1CCN(c2cc(N[C@@H]3CCCN(c4cccc(F)c4)C3)ncn2)CC1. The molecule has 4 rings (SSSR count). The second-order valence-corrected chi connectivity index (χ2v) is 8.31. The number of piperazine rings is 1. The first-order valence-corrected chi connectivity index (χ1v) is 11.2. The number of anilines is 3. The van der Waals surface area contributed by atoms with Crippen LogP contribution in [0.2, 0.25) is 0 Å². The largest absolute Gasteiger partial charge is 0.369 e. The Morgan fingerprint density at radius 2 is 1.97 bits per heavy atom. The Bertz CT molecular complexity index is 857. The molecule has 3 heterocycles. The predicted octanol–water partition coefficient (Wildman–Crippen LogP) is 2.80. The van der Waals surface area contributed by atoms with Crippen LogP contribution in [0.5, 0.6) is 0 Å². The van der Waals surface area contributed by atoms with Gasteiger partial charge in [-0.25, -0.2) is 14.4 Å². The van der Waals surface area contributed by atoms with Crippen LogP contribution in [0.4, 0.5) is 21.7 Å². The zero-order valence-electron chi connectivity index (χ0n) is 17.9. The third-order valence-electron chi connectivity index (χ3n) is 6.09. The summed E-state index contributed by atoms with van der Waals surface area (Å²) < 4.78 is 13.6. The summed E-state index contributed by atoms with van der Waals surface area (Å²) in [6.45, 7) is 6.55. The van der Waals surface area contributed by atoms with Crippen molar-refractivity contribution in [1.82, 2.24) is 14.9 Å². The molecule has 31 heavy (non-hydrogen) atoms. The molecule has 166 valence electrons. The van der Waals surface area contributed by atoms with E-state index < -0.39 is 0 Å². The van der Waals surface area contributed by atoms with E-state index in [2.05, 4.69) is 30.0 Å². The van der Waals surface area contributed by atoms with Gasteiger partial charge in [-0.2, -0.15) is 0 Å². The first-order valence-electron chi connectivity index (χ1n) is 11.2. The molecule has 2 aromatic rings. The number of nitrogens with zero attached hydrogens (tertiary/aromatic N) is 5. The van der Waals surface area contributed by atoms with E-state index in [0.29, 0.717) is 6.42 Å². The van der Waals surface area contributed by atoms with Gasteiger partial charge < -0.3 is 19.9 Å². The van der Waals surface area contributed by atoms with Gasteiger partial charge in [0.2, 0.25) is 0 Å². The van der Waals surface area contributed by atoms with Gasteiger partial charge in [-0.15, -0.1) is 0 Å². The van der Waals surface area contributed by atoms with Crippen LogP contribution >= 0.6 is 0 Å². The highest BCUT2D eigenvalue weighted by Gasteiger charge is 2.22. The molecule has 0 saturated carbocycles. The summed E-state index contributed by atoms with van der Waals surface area (Å²) in [6.07, 6.45) is 6.30. The molecule has 2 aliphatic heterocycles. The molecule has 0 aliphatic carbocycles. The van der Waals surface area contributed by atoms with Crippen molar-refractivity contribution >= 4 is 23.6 Å². The number of carbonyl (C=O) groups excluding carboxylic acids is 1. The van der Waals surface area contributed by atoms with E-state index in [4.69, 9.17) is 0 Å². The van der Waals surface area contributed by atoms with Crippen molar-refractivity contribution < 1.29 is 9.18 Å². The topological polar surface area (TPSA) is 64.6 Å². The molecule has 0 radical (unpaired) electrons. The number of benzene rings is 1. The van der Waals surface area contributed by atoms with Crippen molar-refractivity contribution in [2.24, 2.45) is 0 Å². The number of rotatable bonds is 8. The lowest BCUT2D eigenvalue weighted by Crippen LogP contribution is -2.47. The van der Waals surface area contributed by atoms with E-state index in [9.17, 15) is 9.18 Å². The second kappa shape index (κ2) is 10.5. The van der Waals surface area contributed by atoms with Crippen LogP contribution in [0, 0.1) is 5.82 Å². The number of nitrogens with one attached hydrogen (secondary N) is 1. The minimum atomic E-state index is -0.197. The summed E-state index contributed by atoms with van der Waals surface area (Å²) >= 11 is 0. The van der Waals surface area contributed by atoms with E-state index in [1.165, 1.54) is 6.07 Å². The molecule has 1 N–H and O–H groups in total. The van der Waals surface area contributed by atoms with E-state index in [0.717, 1.165) is 88.7 Å². The van der Waals surface area contributed by atoms with Crippen LogP contribution in [-0.2, 0) is 4.79 Å². The molecule has 2 aliphatic rings. The zero-order chi connectivity index (χ0) is 21.5. The van der Waals surface area contributed by atoms with Gasteiger partial charge in [0.15, 0.2) is 0 Å². The maximum absolute atomic E-state index is 13.6. The molecule has 0 spiro atoms. The Kier molecular flexibility index (Phi) is 7.30. The van der Waals surface area contributed by atoms with Crippen molar-refractivity contribution in [3.05, 3.63) is 42.5 Å². The van der Waals surface area contributed by atoms with Gasteiger partial charge in [-0.3, -0.25) is 4.90 Å². The number of halogens is 1. The van der Waals surface area contributed by atoms with Gasteiger partial charge in [0.05, 0.1) is 0 Å². The number of unbranched alkanes of at least 4 members (excludes halogenated alkanes) is 1. The molecule has 1 atom stereocenters. The lowest BCUT2D eigenvalue weighted by Gasteiger charge is -2.36. The first kappa shape index (κ1) is 21.5. The van der Waals surface area contributed by atoms with E-state index in [1.807, 2.05) is 12.1 Å². The highest BCUT2D eigenvalue weighted by molar-refractivity contribution is 5.51. The first-order chi connectivity index (χ1) is 15.2. The fourth-order valence-corrected chi connectivity index (χ4v) is 4.41. The van der Waals surface area contributed by atoms with Gasteiger partial charge in [0, 0.05) is 63.5 Å². The molecule has 0 unspecified atom stereocenters. The molecule has 1 aromatic heterocycles. The summed E-state index contributed by atoms with van der Waals surface area (Å²) in [4.78, 5) is 26.4. The van der Waals surface area contributed by atoms with Crippen LogP contribution < -0.4 is 15.1 Å². The molecular formula is C23H31FN6O. The predicted molar refractivity (Wildman–Crippen MR) is 121 cm³/mol. The minimum Gasteiger partial charge on any atom is -0.369 e. The summed E-state index contributed by atoms with van der Waals surface area (Å²) in [5.74, 6) is 1.59. The van der Waals surface area contributed by atoms with Crippen molar-refractivity contribution in [2.45, 2.75) is 31.7 Å². The maximum Gasteiger partial charge on any atom is 0.134 e. The Labute approximate surface area is 183 Å². The molecule has 0 amide bonds. The van der Waals surface area contributed by atoms with E-state index in [1.54, 1.807) is 18.5 Å². The number of carbonyl (C=O) groups is 1. The summed E-state index contributed by atoms with van der Waals surface area (Å²) in [6, 6.07) is 9.10. The zero-order valence-corrected chi connectivity index (χ0v) is 17.9. The number of hydrogen-bond acceptors (Lipinski definition) is 7. The van der Waals surface area contributed by atoms with Crippen LogP contribution in [0.25, 0.3) is 0 Å². The average Bonchev–Trinajstić information content (AvgIpc) is 2.80. The Morgan fingerprint density at radius 3 is 2.77 bits per heavy atom. The van der Waals surface area contributed by atoms with Crippen molar-refractivity contribution in [3.8, 4) is 0 Å². The van der Waals surface area contributed by atoms with Crippen molar-refractivity contribution in [2.75, 3.05) is 60.9 Å². The van der Waals surface area contributed by atoms with Crippen LogP contribution in [0.3, 0.4) is 0 Å². The molecule has 7 nitrogen and oxygen atoms in total. The molecule has 8 heteroatoms. The summed E-state index contributed by atoms with van der Waals surface area (Å²) in [5, 5.41) is 3.56. The third kappa shape index (κ3) is 5.91. The normalized spacial score (nSPS) is 20.0. The summed E-state index contributed by atoms with van der Waals surface area (Å²) in [5.41, 5.74) is 0.931. The fraction of sp³-hybridized carbons (Fsp3) is 0.522. The van der Waals surface area contributed by atoms with Crippen molar-refractivity contribution in [3.63, 3.8) is 0 Å². The van der Waals surface area contributed by atoms with Crippen molar-refractivity contribution in [1.29, 1.82) is 0 Å². The van der Waals surface area contributed by atoms with Crippen LogP contribution in [0.15, 0.2) is 36.7 Å². The lowest BCUT2D eigenvalue weighted by atomic mass is 10.0. The van der Waals surface area contributed by atoms with Gasteiger partial charge in [-0.1, -0.05) is 6.07 Å². The fourth-order valence-electron chi connectivity index (χ4n) is 4.41. The Balaban J connectivity index is 1.32. The molecular weight excluding hydrogens is 395 g/mol. The van der Waals surface area contributed by atoms with E-state index >= 15 is 0 Å². The average molecular weight is 427 g/mol. The highest BCUT2D eigenvalue weighted by Crippen LogP contribution is 2.23. The standard InChI is InChI=1S/C23H31FN6O/c24-19-5-3-7-21(15-19)30-9-4-6-20(17-30)27-22-16-23(26-18-25-22)29-12-10-28(11-13-29)8-1-2-14-31/h3,5,7,14-16,18,20H,1-2,4,6,8-13,17H2,(H,25,26,27)/t20-/m1/s1. The quantitative estimate of drug-likeness (QED) is 0.514. The monoisotopic (exact) mass is 426 g/mol. The number of hydrogen-bond donors (Lipinski definition) is 1. The lowest BCUT2D eigenvalue weighted by molar-refractivity contribution is -0.108. The smallest absolute Gasteiger partial charge is 0.134 e. The van der Waals surface area contributed by atoms with Crippen LogP contribution in [-0.4, -0.2) is 73.0 Å². The number of piperidine rings is 1. The van der Waals surface area contributed by atoms with Gasteiger partial charge in [0.1, 0.15) is 30.1 Å². The second-order valence-electron chi connectivity index (χ2n) is 8.31. The number of aldehydes is 1. The maximum atomic E-state index is 13.6. The Morgan fingerprint density at radius 1 is 1.10 bits per heavy atom. The summed E-state index contributed by atoms with van der Waals surface area (Å²) in [7, 11) is 0. The highest BCUT2D eigenvalue weighted by atomic mass is 19.1. The van der Waals surface area contributed by atoms with Crippen LogP contribution in [0.1, 0.15) is 25.7 Å². The molecule has 0 bridgehead atoms. The van der Waals surface area contributed by atoms with Gasteiger partial charge in [0.25, 0.3) is 0 Å².